The van der Waals surface area contributed by atoms with Crippen molar-refractivity contribution in [3.8, 4) is 0 Å². The molecule has 0 aliphatic heterocycles. The van der Waals surface area contributed by atoms with Gasteiger partial charge in [-0.1, -0.05) is 6.92 Å². The summed E-state index contributed by atoms with van der Waals surface area (Å²) in [6.07, 6.45) is 4.86. The Morgan fingerprint density at radius 1 is 1.17 bits per heavy atom. The molecule has 0 spiro atoms. The number of hydrogen-bond donors (Lipinski definition) is 3. The number of anilines is 2. The average Bonchev–Trinajstić information content (AvgIpc) is 3.13. The zero-order valence-electron chi connectivity index (χ0n) is 11.0. The molecule has 2 aliphatic carbocycles. The van der Waals surface area contributed by atoms with Crippen molar-refractivity contribution in [1.82, 2.24) is 9.97 Å². The van der Waals surface area contributed by atoms with E-state index in [2.05, 4.69) is 27.6 Å². The maximum Gasteiger partial charge on any atom is 0.148 e. The Balaban J connectivity index is 1.84. The van der Waals surface area contributed by atoms with E-state index in [1.54, 1.807) is 0 Å². The largest absolute Gasteiger partial charge is 0.367 e. The van der Waals surface area contributed by atoms with Crippen molar-refractivity contribution >= 4 is 11.6 Å². The highest BCUT2D eigenvalue weighted by Crippen LogP contribution is 2.40. The minimum Gasteiger partial charge on any atom is -0.367 e. The molecule has 98 valence electrons. The number of nitrogens with two attached hydrogens (primary N) is 1. The third kappa shape index (κ3) is 2.14. The van der Waals surface area contributed by atoms with Crippen molar-refractivity contribution in [2.45, 2.75) is 51.5 Å². The molecule has 0 unspecified atom stereocenters. The summed E-state index contributed by atoms with van der Waals surface area (Å²) in [5.74, 6) is 9.55. The Bertz CT molecular complexity index is 449. The van der Waals surface area contributed by atoms with Crippen molar-refractivity contribution in [2.24, 2.45) is 11.8 Å². The highest BCUT2D eigenvalue weighted by Gasteiger charge is 2.30. The maximum absolute atomic E-state index is 5.54. The first-order chi connectivity index (χ1) is 8.67. The van der Waals surface area contributed by atoms with Gasteiger partial charge in [0.05, 0.1) is 0 Å². The first-order valence-corrected chi connectivity index (χ1v) is 6.79. The van der Waals surface area contributed by atoms with Gasteiger partial charge in [-0.05, 0) is 38.5 Å². The molecule has 2 fully saturated rings. The van der Waals surface area contributed by atoms with E-state index in [9.17, 15) is 0 Å². The highest BCUT2D eigenvalue weighted by atomic mass is 15.3. The molecule has 5 nitrogen and oxygen atoms in total. The number of hydrazine groups is 1. The minimum absolute atomic E-state index is 0.540. The molecular formula is C13H21N5. The molecule has 0 bridgehead atoms. The normalized spacial score (nSPS) is 26.6. The highest BCUT2D eigenvalue weighted by molar-refractivity contribution is 5.57. The number of rotatable bonds is 4. The van der Waals surface area contributed by atoms with Gasteiger partial charge in [0.25, 0.3) is 0 Å². The zero-order chi connectivity index (χ0) is 12.7. The van der Waals surface area contributed by atoms with Gasteiger partial charge in [0.2, 0.25) is 0 Å². The number of aromatic nitrogens is 2. The van der Waals surface area contributed by atoms with E-state index in [1.165, 1.54) is 25.7 Å². The first kappa shape index (κ1) is 11.7. The molecule has 18 heavy (non-hydrogen) atoms. The van der Waals surface area contributed by atoms with E-state index in [0.29, 0.717) is 12.0 Å². The minimum atomic E-state index is 0.540. The summed E-state index contributed by atoms with van der Waals surface area (Å²) < 4.78 is 0. The van der Waals surface area contributed by atoms with E-state index < -0.39 is 0 Å². The van der Waals surface area contributed by atoms with Crippen LogP contribution in [0.1, 0.15) is 49.9 Å². The van der Waals surface area contributed by atoms with Crippen LogP contribution in [0.2, 0.25) is 0 Å². The van der Waals surface area contributed by atoms with E-state index in [-0.39, 0.29) is 0 Å². The molecule has 5 heteroatoms. The quantitative estimate of drug-likeness (QED) is 0.561. The Morgan fingerprint density at radius 3 is 2.39 bits per heavy atom. The van der Waals surface area contributed by atoms with Crippen LogP contribution >= 0.6 is 0 Å². The molecule has 2 saturated carbocycles. The molecule has 0 aromatic carbocycles. The van der Waals surface area contributed by atoms with Gasteiger partial charge >= 0.3 is 0 Å². The molecular weight excluding hydrogens is 226 g/mol. The van der Waals surface area contributed by atoms with Gasteiger partial charge in [0.1, 0.15) is 17.5 Å². The van der Waals surface area contributed by atoms with Gasteiger partial charge in [-0.2, -0.15) is 0 Å². The van der Waals surface area contributed by atoms with Gasteiger partial charge in [0.15, 0.2) is 0 Å². The third-order valence-corrected chi connectivity index (χ3v) is 3.96. The Kier molecular flexibility index (Phi) is 2.86. The fourth-order valence-electron chi connectivity index (χ4n) is 2.55. The summed E-state index contributed by atoms with van der Waals surface area (Å²) in [5.41, 5.74) is 3.70. The molecule has 0 atom stereocenters. The van der Waals surface area contributed by atoms with Crippen LogP contribution in [-0.4, -0.2) is 16.0 Å². The van der Waals surface area contributed by atoms with Crippen molar-refractivity contribution < 1.29 is 0 Å². The van der Waals surface area contributed by atoms with E-state index in [1.807, 2.05) is 6.92 Å². The molecule has 1 aromatic heterocycles. The molecule has 2 aliphatic rings. The van der Waals surface area contributed by atoms with Gasteiger partial charge < -0.3 is 10.7 Å². The van der Waals surface area contributed by atoms with Crippen molar-refractivity contribution in [3.05, 3.63) is 11.4 Å². The average molecular weight is 247 g/mol. The second-order valence-corrected chi connectivity index (χ2v) is 5.74. The second kappa shape index (κ2) is 4.39. The molecule has 0 amide bonds. The standard InChI is InChI=1S/C13H21N5/c1-7-5-10(6-7)15-11-8(2)12(18-14)17-13(16-11)9-3-4-9/h7,9-10H,3-6,14H2,1-2H3,(H2,15,16,17,18). The lowest BCUT2D eigenvalue weighted by molar-refractivity contribution is 0.308. The third-order valence-electron chi connectivity index (χ3n) is 3.96. The van der Waals surface area contributed by atoms with Crippen LogP contribution in [0, 0.1) is 12.8 Å². The number of nitrogens with one attached hydrogen (secondary N) is 2. The van der Waals surface area contributed by atoms with Gasteiger partial charge in [-0.15, -0.1) is 0 Å². The topological polar surface area (TPSA) is 75.9 Å². The SMILES string of the molecule is Cc1c(NN)nc(C2CC2)nc1NC1CC(C)C1. The van der Waals surface area contributed by atoms with Crippen LogP contribution in [0.5, 0.6) is 0 Å². The Hall–Kier alpha value is -1.36. The summed E-state index contributed by atoms with van der Waals surface area (Å²) in [6.45, 7) is 4.30. The summed E-state index contributed by atoms with van der Waals surface area (Å²) in [7, 11) is 0. The fourth-order valence-corrected chi connectivity index (χ4v) is 2.55. The molecule has 0 saturated heterocycles. The predicted octanol–water partition coefficient (Wildman–Crippen LogP) is 2.16. The van der Waals surface area contributed by atoms with Gasteiger partial charge in [-0.25, -0.2) is 15.8 Å². The summed E-state index contributed by atoms with van der Waals surface area (Å²) >= 11 is 0. The van der Waals surface area contributed by atoms with Crippen LogP contribution < -0.4 is 16.6 Å². The number of hydrogen-bond acceptors (Lipinski definition) is 5. The van der Waals surface area contributed by atoms with Crippen molar-refractivity contribution in [3.63, 3.8) is 0 Å². The lowest BCUT2D eigenvalue weighted by Gasteiger charge is -2.34. The number of nitrogen functional groups attached to an aromatic ring is 1. The molecule has 0 radical (unpaired) electrons. The van der Waals surface area contributed by atoms with Crippen molar-refractivity contribution in [2.75, 3.05) is 10.7 Å². The van der Waals surface area contributed by atoms with E-state index >= 15 is 0 Å². The molecule has 1 aromatic rings. The van der Waals surface area contributed by atoms with Crippen LogP contribution in [0.25, 0.3) is 0 Å². The van der Waals surface area contributed by atoms with Crippen LogP contribution in [0.3, 0.4) is 0 Å². The van der Waals surface area contributed by atoms with E-state index in [0.717, 1.165) is 28.9 Å². The Labute approximate surface area is 108 Å². The lowest BCUT2D eigenvalue weighted by atomic mass is 9.82. The molecule has 4 N–H and O–H groups in total. The zero-order valence-corrected chi connectivity index (χ0v) is 11.0. The summed E-state index contributed by atoms with van der Waals surface area (Å²) in [6, 6.07) is 0.561. The first-order valence-electron chi connectivity index (χ1n) is 6.79. The number of nitrogens with zero attached hydrogens (tertiary/aromatic N) is 2. The maximum atomic E-state index is 5.54. The van der Waals surface area contributed by atoms with Crippen LogP contribution in [0.15, 0.2) is 0 Å². The molecule has 1 heterocycles. The fraction of sp³-hybridized carbons (Fsp3) is 0.692. The monoisotopic (exact) mass is 247 g/mol. The van der Waals surface area contributed by atoms with Gasteiger partial charge in [0, 0.05) is 17.5 Å². The van der Waals surface area contributed by atoms with Crippen LogP contribution in [0.4, 0.5) is 11.6 Å². The van der Waals surface area contributed by atoms with Gasteiger partial charge in [-0.3, -0.25) is 0 Å². The summed E-state index contributed by atoms with van der Waals surface area (Å²) in [5, 5.41) is 3.53. The van der Waals surface area contributed by atoms with Crippen LogP contribution in [-0.2, 0) is 0 Å². The smallest absolute Gasteiger partial charge is 0.148 e. The van der Waals surface area contributed by atoms with E-state index in [4.69, 9.17) is 5.84 Å². The predicted molar refractivity (Wildman–Crippen MR) is 72.4 cm³/mol. The summed E-state index contributed by atoms with van der Waals surface area (Å²) in [4.78, 5) is 9.16. The Morgan fingerprint density at radius 2 is 1.83 bits per heavy atom. The second-order valence-electron chi connectivity index (χ2n) is 5.74. The molecule has 3 rings (SSSR count). The lowest BCUT2D eigenvalue weighted by Crippen LogP contribution is -2.34. The van der Waals surface area contributed by atoms with Crippen molar-refractivity contribution in [1.29, 1.82) is 0 Å².